The summed E-state index contributed by atoms with van der Waals surface area (Å²) in [6.07, 6.45) is 0. The molecule has 1 heterocycles. The second-order valence-electron chi connectivity index (χ2n) is 4.43. The molecular formula is C13H18N4O. The van der Waals surface area contributed by atoms with Gasteiger partial charge in [-0.2, -0.15) is 5.26 Å². The maximum atomic E-state index is 9.10. The number of benzene rings is 1. The Morgan fingerprint density at radius 2 is 2.00 bits per heavy atom. The van der Waals surface area contributed by atoms with Crippen molar-refractivity contribution in [2.24, 2.45) is 0 Å². The van der Waals surface area contributed by atoms with Crippen molar-refractivity contribution in [3.63, 3.8) is 0 Å². The van der Waals surface area contributed by atoms with Crippen LogP contribution in [-0.2, 0) is 0 Å². The van der Waals surface area contributed by atoms with Gasteiger partial charge in [0.25, 0.3) is 0 Å². The molecule has 1 saturated heterocycles. The van der Waals surface area contributed by atoms with E-state index >= 15 is 0 Å². The molecule has 0 atom stereocenters. The van der Waals surface area contributed by atoms with Crippen LogP contribution in [0.3, 0.4) is 0 Å². The van der Waals surface area contributed by atoms with Crippen LogP contribution in [0.15, 0.2) is 18.2 Å². The standard InChI is InChI=1S/C13H18N4O/c1-16-5-7-17(8-6-16)15-13-9-12(18-2)4-3-11(13)10-14/h3-4,9,15H,5-8H2,1-2H3. The molecule has 1 aromatic rings. The maximum Gasteiger partial charge on any atom is 0.121 e. The van der Waals surface area contributed by atoms with E-state index in [0.29, 0.717) is 5.56 Å². The minimum absolute atomic E-state index is 0.634. The van der Waals surface area contributed by atoms with E-state index in [4.69, 9.17) is 10.00 Å². The van der Waals surface area contributed by atoms with Crippen molar-refractivity contribution >= 4 is 5.69 Å². The number of methoxy groups -OCH3 is 1. The van der Waals surface area contributed by atoms with Crippen LogP contribution in [0.1, 0.15) is 5.56 Å². The predicted molar refractivity (Wildman–Crippen MR) is 70.4 cm³/mol. The molecule has 96 valence electrons. The zero-order valence-electron chi connectivity index (χ0n) is 10.8. The number of hydrogen-bond donors (Lipinski definition) is 1. The van der Waals surface area contributed by atoms with E-state index in [-0.39, 0.29) is 0 Å². The van der Waals surface area contributed by atoms with Crippen molar-refractivity contribution in [2.75, 3.05) is 45.8 Å². The molecule has 0 radical (unpaired) electrons. The SMILES string of the molecule is COc1ccc(C#N)c(NN2CCN(C)CC2)c1. The molecule has 1 aliphatic rings. The van der Waals surface area contributed by atoms with Gasteiger partial charge in [-0.1, -0.05) is 0 Å². The second kappa shape index (κ2) is 5.71. The van der Waals surface area contributed by atoms with Gasteiger partial charge in [-0.15, -0.1) is 0 Å². The van der Waals surface area contributed by atoms with Crippen LogP contribution in [0.2, 0.25) is 0 Å². The molecule has 0 aromatic heterocycles. The van der Waals surface area contributed by atoms with Gasteiger partial charge in [0, 0.05) is 32.2 Å². The van der Waals surface area contributed by atoms with Crippen molar-refractivity contribution < 1.29 is 4.74 Å². The summed E-state index contributed by atoms with van der Waals surface area (Å²) in [7, 11) is 3.74. The highest BCUT2D eigenvalue weighted by atomic mass is 16.5. The lowest BCUT2D eigenvalue weighted by molar-refractivity contribution is 0.179. The second-order valence-corrected chi connectivity index (χ2v) is 4.43. The molecule has 1 N–H and O–H groups in total. The monoisotopic (exact) mass is 246 g/mol. The Labute approximate surface area is 108 Å². The number of likely N-dealkylation sites (N-methyl/N-ethyl adjacent to an activating group) is 1. The Morgan fingerprint density at radius 1 is 1.28 bits per heavy atom. The van der Waals surface area contributed by atoms with E-state index in [0.717, 1.165) is 37.6 Å². The highest BCUT2D eigenvalue weighted by molar-refractivity contribution is 5.59. The van der Waals surface area contributed by atoms with Crippen LogP contribution >= 0.6 is 0 Å². The highest BCUT2D eigenvalue weighted by Gasteiger charge is 2.15. The number of nitrogens with one attached hydrogen (secondary N) is 1. The molecule has 0 bridgehead atoms. The number of anilines is 1. The Kier molecular flexibility index (Phi) is 4.03. The van der Waals surface area contributed by atoms with Crippen LogP contribution in [-0.4, -0.2) is 50.2 Å². The van der Waals surface area contributed by atoms with Gasteiger partial charge in [0.2, 0.25) is 0 Å². The molecule has 1 aliphatic heterocycles. The van der Waals surface area contributed by atoms with Gasteiger partial charge in [-0.25, -0.2) is 5.01 Å². The maximum absolute atomic E-state index is 9.10. The Morgan fingerprint density at radius 3 is 2.61 bits per heavy atom. The Balaban J connectivity index is 2.10. The third-order valence-electron chi connectivity index (χ3n) is 3.13. The Hall–Kier alpha value is -1.77. The molecule has 1 fully saturated rings. The number of rotatable bonds is 3. The van der Waals surface area contributed by atoms with Crippen LogP contribution in [0, 0.1) is 11.3 Å². The fourth-order valence-electron chi connectivity index (χ4n) is 1.93. The molecule has 0 aliphatic carbocycles. The van der Waals surface area contributed by atoms with Crippen molar-refractivity contribution in [1.82, 2.24) is 9.91 Å². The molecular weight excluding hydrogens is 228 g/mol. The molecule has 1 aromatic carbocycles. The van der Waals surface area contributed by atoms with Crippen molar-refractivity contribution in [3.8, 4) is 11.8 Å². The number of ether oxygens (including phenoxy) is 1. The van der Waals surface area contributed by atoms with E-state index in [1.54, 1.807) is 19.2 Å². The number of hydrogen-bond acceptors (Lipinski definition) is 5. The van der Waals surface area contributed by atoms with Crippen LogP contribution < -0.4 is 10.2 Å². The van der Waals surface area contributed by atoms with Gasteiger partial charge >= 0.3 is 0 Å². The molecule has 5 heteroatoms. The summed E-state index contributed by atoms with van der Waals surface area (Å²) in [5, 5.41) is 11.2. The lowest BCUT2D eigenvalue weighted by Gasteiger charge is -2.33. The quantitative estimate of drug-likeness (QED) is 0.866. The molecule has 18 heavy (non-hydrogen) atoms. The molecule has 0 saturated carbocycles. The van der Waals surface area contributed by atoms with Crippen LogP contribution in [0.4, 0.5) is 5.69 Å². The first-order valence-electron chi connectivity index (χ1n) is 6.01. The van der Waals surface area contributed by atoms with Gasteiger partial charge in [0.15, 0.2) is 0 Å². The van der Waals surface area contributed by atoms with E-state index in [1.165, 1.54) is 0 Å². The third kappa shape index (κ3) is 2.92. The topological polar surface area (TPSA) is 51.5 Å². The normalized spacial score (nSPS) is 17.2. The largest absolute Gasteiger partial charge is 0.497 e. The molecule has 0 spiro atoms. The third-order valence-corrected chi connectivity index (χ3v) is 3.13. The minimum atomic E-state index is 0.634. The molecule has 2 rings (SSSR count). The molecule has 0 unspecified atom stereocenters. The van der Waals surface area contributed by atoms with Crippen LogP contribution in [0.25, 0.3) is 0 Å². The average Bonchev–Trinajstić information content (AvgIpc) is 2.41. The van der Waals surface area contributed by atoms with Gasteiger partial charge in [0.1, 0.15) is 11.8 Å². The zero-order chi connectivity index (χ0) is 13.0. The number of nitrogens with zero attached hydrogens (tertiary/aromatic N) is 3. The first kappa shape index (κ1) is 12.7. The summed E-state index contributed by atoms with van der Waals surface area (Å²) < 4.78 is 5.18. The van der Waals surface area contributed by atoms with E-state index < -0.39 is 0 Å². The van der Waals surface area contributed by atoms with Gasteiger partial charge in [0.05, 0.1) is 18.4 Å². The van der Waals surface area contributed by atoms with Crippen molar-refractivity contribution in [2.45, 2.75) is 0 Å². The Bertz CT molecular complexity index is 447. The van der Waals surface area contributed by atoms with Gasteiger partial charge in [-0.3, -0.25) is 0 Å². The summed E-state index contributed by atoms with van der Waals surface area (Å²) in [6, 6.07) is 7.62. The van der Waals surface area contributed by atoms with Gasteiger partial charge < -0.3 is 15.1 Å². The molecule has 5 nitrogen and oxygen atoms in total. The number of hydrazine groups is 1. The highest BCUT2D eigenvalue weighted by Crippen LogP contribution is 2.22. The summed E-state index contributed by atoms with van der Waals surface area (Å²) in [5.41, 5.74) is 4.74. The average molecular weight is 246 g/mol. The summed E-state index contributed by atoms with van der Waals surface area (Å²) in [6.45, 7) is 3.94. The summed E-state index contributed by atoms with van der Waals surface area (Å²) in [5.74, 6) is 0.755. The van der Waals surface area contributed by atoms with Crippen molar-refractivity contribution in [3.05, 3.63) is 23.8 Å². The first-order valence-corrected chi connectivity index (χ1v) is 6.01. The fourth-order valence-corrected chi connectivity index (χ4v) is 1.93. The summed E-state index contributed by atoms with van der Waals surface area (Å²) in [4.78, 5) is 2.29. The van der Waals surface area contributed by atoms with E-state index in [1.807, 2.05) is 6.07 Å². The minimum Gasteiger partial charge on any atom is -0.497 e. The van der Waals surface area contributed by atoms with E-state index in [2.05, 4.69) is 28.5 Å². The lowest BCUT2D eigenvalue weighted by atomic mass is 10.2. The van der Waals surface area contributed by atoms with Crippen LogP contribution in [0.5, 0.6) is 5.75 Å². The number of piperazine rings is 1. The number of nitriles is 1. The van der Waals surface area contributed by atoms with E-state index in [9.17, 15) is 0 Å². The fraction of sp³-hybridized carbons (Fsp3) is 0.462. The first-order chi connectivity index (χ1) is 8.72. The van der Waals surface area contributed by atoms with Crippen molar-refractivity contribution in [1.29, 1.82) is 5.26 Å². The predicted octanol–water partition coefficient (Wildman–Crippen LogP) is 1.14. The smallest absolute Gasteiger partial charge is 0.121 e. The summed E-state index contributed by atoms with van der Waals surface area (Å²) >= 11 is 0. The van der Waals surface area contributed by atoms with Gasteiger partial charge in [-0.05, 0) is 19.2 Å². The zero-order valence-corrected chi connectivity index (χ0v) is 10.8. The molecule has 0 amide bonds. The lowest BCUT2D eigenvalue weighted by Crippen LogP contribution is -2.47.